The summed E-state index contributed by atoms with van der Waals surface area (Å²) in [5, 5.41) is 9.54. The van der Waals surface area contributed by atoms with Gasteiger partial charge in [-0.3, -0.25) is 0 Å². The average Bonchev–Trinajstić information content (AvgIpc) is 2.79. The van der Waals surface area contributed by atoms with Crippen LogP contribution < -0.4 is 0 Å². The van der Waals surface area contributed by atoms with Crippen LogP contribution in [-0.2, 0) is 0 Å². The minimum atomic E-state index is 0.146. The highest BCUT2D eigenvalue weighted by molar-refractivity contribution is 7.71. The lowest BCUT2D eigenvalue weighted by Gasteiger charge is -1.99. The molecule has 3 N–H and O–H groups in total. The third-order valence-corrected chi connectivity index (χ3v) is 3.13. The maximum Gasteiger partial charge on any atom is 0.235 e. The highest BCUT2D eigenvalue weighted by Gasteiger charge is 2.14. The fraction of sp³-hybridized carbons (Fsp3) is 0. The Kier molecular flexibility index (Phi) is 2.54. The van der Waals surface area contributed by atoms with Gasteiger partial charge in [0, 0.05) is 0 Å². The van der Waals surface area contributed by atoms with E-state index in [4.69, 9.17) is 18.8 Å². The predicted octanol–water partition coefficient (Wildman–Crippen LogP) is 3.54. The molecule has 0 amide bonds. The number of hydrogen-bond acceptors (Lipinski definition) is 3. The Balaban J connectivity index is 2.40. The van der Waals surface area contributed by atoms with Crippen LogP contribution in [0.5, 0.6) is 5.75 Å². The molecule has 19 heavy (non-hydrogen) atoms. The van der Waals surface area contributed by atoms with Crippen molar-refractivity contribution in [2.75, 3.05) is 0 Å². The lowest BCUT2D eigenvalue weighted by molar-refractivity contribution is 0.475. The number of H-pyrrole nitrogens is 2. The first-order chi connectivity index (χ1) is 9.20. The topological polar surface area (TPSA) is 69.1 Å². The van der Waals surface area contributed by atoms with E-state index in [1.165, 1.54) is 6.33 Å². The largest absolute Gasteiger partial charge is 0.508 e. The van der Waals surface area contributed by atoms with Crippen LogP contribution in [0.1, 0.15) is 0 Å². The Morgan fingerprint density at radius 2 is 2.16 bits per heavy atom. The van der Waals surface area contributed by atoms with Crippen molar-refractivity contribution in [1.29, 1.82) is 0 Å². The quantitative estimate of drug-likeness (QED) is 0.467. The van der Waals surface area contributed by atoms with Gasteiger partial charge in [0.1, 0.15) is 5.75 Å². The number of aromatic hydroxyl groups is 1. The molecule has 0 spiro atoms. The number of phenols is 1. The SMILES string of the molecule is [C-]#[N+]c1c(-c2cccc(O)c2)[nH]c2c(=S)nc[nH]c12. The highest BCUT2D eigenvalue weighted by Crippen LogP contribution is 2.36. The van der Waals surface area contributed by atoms with Gasteiger partial charge in [0.05, 0.1) is 29.6 Å². The van der Waals surface area contributed by atoms with Crippen molar-refractivity contribution in [3.8, 4) is 17.0 Å². The molecule has 0 aliphatic carbocycles. The van der Waals surface area contributed by atoms with Gasteiger partial charge in [-0.25, -0.2) is 9.83 Å². The summed E-state index contributed by atoms with van der Waals surface area (Å²) in [7, 11) is 0. The molecule has 0 aliphatic heterocycles. The molecule has 6 heteroatoms. The summed E-state index contributed by atoms with van der Waals surface area (Å²) in [6.45, 7) is 7.32. The number of aromatic nitrogens is 3. The molecule has 0 radical (unpaired) electrons. The minimum absolute atomic E-state index is 0.146. The molecule has 2 aromatic heterocycles. The zero-order valence-electron chi connectivity index (χ0n) is 9.64. The normalized spacial score (nSPS) is 10.5. The van der Waals surface area contributed by atoms with Gasteiger partial charge < -0.3 is 15.1 Å². The molecule has 3 rings (SSSR count). The third-order valence-electron chi connectivity index (χ3n) is 2.82. The first-order valence-corrected chi connectivity index (χ1v) is 5.88. The van der Waals surface area contributed by atoms with Crippen LogP contribution in [0, 0.1) is 11.2 Å². The van der Waals surface area contributed by atoms with Gasteiger partial charge in [0.25, 0.3) is 0 Å². The van der Waals surface area contributed by atoms with Crippen molar-refractivity contribution in [1.82, 2.24) is 15.0 Å². The van der Waals surface area contributed by atoms with Crippen LogP contribution in [0.3, 0.4) is 0 Å². The monoisotopic (exact) mass is 268 g/mol. The van der Waals surface area contributed by atoms with Crippen LogP contribution >= 0.6 is 12.2 Å². The van der Waals surface area contributed by atoms with Gasteiger partial charge in [-0.15, -0.1) is 0 Å². The molecule has 92 valence electrons. The summed E-state index contributed by atoms with van der Waals surface area (Å²) in [5.74, 6) is 0.146. The van der Waals surface area contributed by atoms with Crippen molar-refractivity contribution >= 4 is 28.9 Å². The van der Waals surface area contributed by atoms with Gasteiger partial charge in [-0.05, 0) is 17.7 Å². The number of benzene rings is 1. The Hall–Kier alpha value is -2.65. The number of phenolic OH excluding ortho intramolecular Hbond substituents is 1. The number of fused-ring (bicyclic) bond motifs is 1. The summed E-state index contributed by atoms with van der Waals surface area (Å²) >= 11 is 5.14. The van der Waals surface area contributed by atoms with E-state index >= 15 is 0 Å². The number of nitrogens with zero attached hydrogens (tertiary/aromatic N) is 2. The molecular weight excluding hydrogens is 260 g/mol. The summed E-state index contributed by atoms with van der Waals surface area (Å²) in [5.41, 5.74) is 3.05. The van der Waals surface area contributed by atoms with Gasteiger partial charge in [-0.1, -0.05) is 24.4 Å². The van der Waals surface area contributed by atoms with Crippen molar-refractivity contribution < 1.29 is 5.11 Å². The van der Waals surface area contributed by atoms with E-state index in [-0.39, 0.29) is 5.75 Å². The first-order valence-electron chi connectivity index (χ1n) is 5.47. The Labute approximate surface area is 113 Å². The molecule has 1 aromatic carbocycles. The Morgan fingerprint density at radius 3 is 2.89 bits per heavy atom. The van der Waals surface area contributed by atoms with E-state index in [2.05, 4.69) is 19.8 Å². The zero-order chi connectivity index (χ0) is 13.4. The van der Waals surface area contributed by atoms with Crippen molar-refractivity contribution in [2.45, 2.75) is 0 Å². The second-order valence-electron chi connectivity index (χ2n) is 3.97. The molecular formula is C13H8N4OS. The molecule has 0 atom stereocenters. The van der Waals surface area contributed by atoms with Crippen molar-refractivity contribution in [2.24, 2.45) is 0 Å². The van der Waals surface area contributed by atoms with E-state index in [1.807, 2.05) is 6.07 Å². The summed E-state index contributed by atoms with van der Waals surface area (Å²) in [6.07, 6.45) is 1.47. The molecule has 0 saturated heterocycles. The molecule has 5 nitrogen and oxygen atoms in total. The van der Waals surface area contributed by atoms with Crippen molar-refractivity contribution in [3.63, 3.8) is 0 Å². The summed E-state index contributed by atoms with van der Waals surface area (Å²) < 4.78 is 0.407. The maximum absolute atomic E-state index is 9.54. The van der Waals surface area contributed by atoms with Crippen LogP contribution in [0.25, 0.3) is 27.1 Å². The molecule has 2 heterocycles. The second-order valence-corrected chi connectivity index (χ2v) is 4.36. The molecule has 0 bridgehead atoms. The average molecular weight is 268 g/mol. The smallest absolute Gasteiger partial charge is 0.235 e. The Morgan fingerprint density at radius 1 is 1.32 bits per heavy atom. The second kappa shape index (κ2) is 4.23. The molecule has 0 fully saturated rings. The van der Waals surface area contributed by atoms with Gasteiger partial charge in [0.2, 0.25) is 5.69 Å². The van der Waals surface area contributed by atoms with E-state index in [0.29, 0.717) is 27.1 Å². The number of rotatable bonds is 1. The number of nitrogens with one attached hydrogen (secondary N) is 2. The molecule has 0 saturated carbocycles. The molecule has 3 aromatic rings. The minimum Gasteiger partial charge on any atom is -0.508 e. The lowest BCUT2D eigenvalue weighted by Crippen LogP contribution is -1.79. The van der Waals surface area contributed by atoms with Gasteiger partial charge in [-0.2, -0.15) is 0 Å². The summed E-state index contributed by atoms with van der Waals surface area (Å²) in [6, 6.07) is 6.71. The summed E-state index contributed by atoms with van der Waals surface area (Å²) in [4.78, 5) is 13.6. The standard InChI is InChI=1S/C13H8N4OS/c1-14-10-9(7-3-2-4-8(18)5-7)17-12-11(10)15-6-16-13(12)19/h2-6,17-18H,(H,15,16,19). The van der Waals surface area contributed by atoms with Crippen LogP contribution in [0.15, 0.2) is 30.6 Å². The van der Waals surface area contributed by atoms with E-state index in [1.54, 1.807) is 18.2 Å². The van der Waals surface area contributed by atoms with Gasteiger partial charge >= 0.3 is 0 Å². The van der Waals surface area contributed by atoms with Crippen molar-refractivity contribution in [3.05, 3.63) is 46.7 Å². The number of hydrogen-bond donors (Lipinski definition) is 3. The Bertz CT molecular complexity index is 872. The van der Waals surface area contributed by atoms with Crippen LogP contribution in [0.4, 0.5) is 5.69 Å². The van der Waals surface area contributed by atoms with E-state index in [9.17, 15) is 5.11 Å². The maximum atomic E-state index is 9.54. The lowest BCUT2D eigenvalue weighted by atomic mass is 10.1. The first kappa shape index (κ1) is 11.4. The zero-order valence-corrected chi connectivity index (χ0v) is 10.5. The third kappa shape index (κ3) is 1.77. The fourth-order valence-corrected chi connectivity index (χ4v) is 2.20. The number of aromatic amines is 2. The highest BCUT2D eigenvalue weighted by atomic mass is 32.1. The predicted molar refractivity (Wildman–Crippen MR) is 74.6 cm³/mol. The molecule has 0 unspecified atom stereocenters. The van der Waals surface area contributed by atoms with E-state index < -0.39 is 0 Å². The fourth-order valence-electron chi connectivity index (χ4n) is 1.99. The van der Waals surface area contributed by atoms with Crippen LogP contribution in [0.2, 0.25) is 0 Å². The molecule has 0 aliphatic rings. The van der Waals surface area contributed by atoms with Crippen LogP contribution in [-0.4, -0.2) is 20.1 Å². The van der Waals surface area contributed by atoms with Gasteiger partial charge in [0.15, 0.2) is 4.64 Å². The van der Waals surface area contributed by atoms with E-state index in [0.717, 1.165) is 5.56 Å².